The minimum Gasteiger partial charge on any atom is -0.388 e. The highest BCUT2D eigenvalue weighted by Gasteiger charge is 2.21. The van der Waals surface area contributed by atoms with Gasteiger partial charge < -0.3 is 15.8 Å². The van der Waals surface area contributed by atoms with Crippen LogP contribution in [0.3, 0.4) is 0 Å². The van der Waals surface area contributed by atoms with Crippen molar-refractivity contribution in [3.05, 3.63) is 22.2 Å². The SMILES string of the molecule is CCC(C)(O)CNc1nc(NN)ccc1[N+](=O)[O-]. The highest BCUT2D eigenvalue weighted by atomic mass is 16.6. The van der Waals surface area contributed by atoms with Crippen molar-refractivity contribution >= 4 is 17.3 Å². The smallest absolute Gasteiger partial charge is 0.311 e. The quantitative estimate of drug-likeness (QED) is 0.337. The average molecular weight is 255 g/mol. The molecular formula is C10H17N5O3. The number of aromatic nitrogens is 1. The maximum absolute atomic E-state index is 10.8. The topological polar surface area (TPSA) is 126 Å². The van der Waals surface area contributed by atoms with Crippen LogP contribution in [0.4, 0.5) is 17.3 Å². The second-order valence-electron chi connectivity index (χ2n) is 4.17. The summed E-state index contributed by atoms with van der Waals surface area (Å²) in [4.78, 5) is 14.2. The van der Waals surface area contributed by atoms with Crippen LogP contribution in [0.2, 0.25) is 0 Å². The molecule has 0 aliphatic carbocycles. The molecule has 0 fully saturated rings. The third kappa shape index (κ3) is 3.54. The number of nitro groups is 1. The summed E-state index contributed by atoms with van der Waals surface area (Å²) in [6.07, 6.45) is 0.516. The van der Waals surface area contributed by atoms with Crippen molar-refractivity contribution in [2.24, 2.45) is 5.84 Å². The molecule has 100 valence electrons. The van der Waals surface area contributed by atoms with Gasteiger partial charge in [0.05, 0.1) is 10.5 Å². The molecule has 18 heavy (non-hydrogen) atoms. The number of hydrazine groups is 1. The second kappa shape index (κ2) is 5.61. The number of aliphatic hydroxyl groups is 1. The largest absolute Gasteiger partial charge is 0.388 e. The van der Waals surface area contributed by atoms with E-state index in [9.17, 15) is 15.2 Å². The number of pyridine rings is 1. The van der Waals surface area contributed by atoms with Gasteiger partial charge in [0.2, 0.25) is 5.82 Å². The Balaban J connectivity index is 2.94. The molecular weight excluding hydrogens is 238 g/mol. The number of anilines is 2. The molecule has 0 saturated heterocycles. The van der Waals surface area contributed by atoms with Gasteiger partial charge in [-0.15, -0.1) is 0 Å². The van der Waals surface area contributed by atoms with Gasteiger partial charge in [-0.3, -0.25) is 10.1 Å². The summed E-state index contributed by atoms with van der Waals surface area (Å²) in [5.41, 5.74) is 1.19. The first-order chi connectivity index (χ1) is 8.39. The molecule has 1 aromatic heterocycles. The van der Waals surface area contributed by atoms with Crippen LogP contribution in [0.5, 0.6) is 0 Å². The fraction of sp³-hybridized carbons (Fsp3) is 0.500. The van der Waals surface area contributed by atoms with Crippen molar-refractivity contribution in [2.45, 2.75) is 25.9 Å². The van der Waals surface area contributed by atoms with E-state index in [0.29, 0.717) is 12.2 Å². The van der Waals surface area contributed by atoms with Gasteiger partial charge >= 0.3 is 5.69 Å². The number of nitrogens with two attached hydrogens (primary N) is 1. The number of nitrogens with zero attached hydrogens (tertiary/aromatic N) is 2. The van der Waals surface area contributed by atoms with Crippen LogP contribution in [0, 0.1) is 10.1 Å². The normalized spacial score (nSPS) is 13.8. The summed E-state index contributed by atoms with van der Waals surface area (Å²) < 4.78 is 0. The molecule has 8 nitrogen and oxygen atoms in total. The van der Waals surface area contributed by atoms with Crippen molar-refractivity contribution in [1.29, 1.82) is 0 Å². The minimum absolute atomic E-state index is 0.0733. The zero-order chi connectivity index (χ0) is 13.8. The number of hydrogen-bond acceptors (Lipinski definition) is 7. The van der Waals surface area contributed by atoms with E-state index in [2.05, 4.69) is 15.7 Å². The number of rotatable bonds is 6. The lowest BCUT2D eigenvalue weighted by Gasteiger charge is -2.21. The van der Waals surface area contributed by atoms with Gasteiger partial charge in [-0.1, -0.05) is 6.92 Å². The molecule has 0 aliphatic heterocycles. The fourth-order valence-electron chi connectivity index (χ4n) is 1.21. The first kappa shape index (κ1) is 14.1. The van der Waals surface area contributed by atoms with Gasteiger partial charge in [-0.25, -0.2) is 10.8 Å². The Morgan fingerprint density at radius 1 is 1.61 bits per heavy atom. The molecule has 0 spiro atoms. The number of hydrogen-bond donors (Lipinski definition) is 4. The molecule has 0 amide bonds. The first-order valence-electron chi connectivity index (χ1n) is 5.48. The Labute approximate surface area is 104 Å². The lowest BCUT2D eigenvalue weighted by Crippen LogP contribution is -2.32. The Morgan fingerprint density at radius 3 is 2.78 bits per heavy atom. The van der Waals surface area contributed by atoms with Crippen LogP contribution >= 0.6 is 0 Å². The van der Waals surface area contributed by atoms with Crippen LogP contribution < -0.4 is 16.6 Å². The van der Waals surface area contributed by atoms with Crippen molar-refractivity contribution in [3.8, 4) is 0 Å². The van der Waals surface area contributed by atoms with Gasteiger partial charge in [0.25, 0.3) is 0 Å². The lowest BCUT2D eigenvalue weighted by atomic mass is 10.0. The zero-order valence-corrected chi connectivity index (χ0v) is 10.3. The van der Waals surface area contributed by atoms with E-state index in [0.717, 1.165) is 0 Å². The fourth-order valence-corrected chi connectivity index (χ4v) is 1.21. The van der Waals surface area contributed by atoms with Gasteiger partial charge in [0.15, 0.2) is 0 Å². The van der Waals surface area contributed by atoms with E-state index in [-0.39, 0.29) is 18.1 Å². The minimum atomic E-state index is -0.957. The van der Waals surface area contributed by atoms with E-state index in [1.54, 1.807) is 6.92 Å². The molecule has 0 saturated carbocycles. The molecule has 1 heterocycles. The maximum atomic E-state index is 10.8. The molecule has 0 radical (unpaired) electrons. The number of nitrogen functional groups attached to an aromatic ring is 1. The summed E-state index contributed by atoms with van der Waals surface area (Å²) in [6, 6.07) is 2.70. The van der Waals surface area contributed by atoms with E-state index in [4.69, 9.17) is 5.84 Å². The van der Waals surface area contributed by atoms with Crippen molar-refractivity contribution in [2.75, 3.05) is 17.3 Å². The molecule has 8 heteroatoms. The summed E-state index contributed by atoms with van der Waals surface area (Å²) in [5.74, 6) is 5.57. The lowest BCUT2D eigenvalue weighted by molar-refractivity contribution is -0.384. The molecule has 1 unspecified atom stereocenters. The molecule has 5 N–H and O–H groups in total. The van der Waals surface area contributed by atoms with Gasteiger partial charge in [0, 0.05) is 12.6 Å². The second-order valence-corrected chi connectivity index (χ2v) is 4.17. The summed E-state index contributed by atoms with van der Waals surface area (Å²) in [6.45, 7) is 3.61. The van der Waals surface area contributed by atoms with E-state index in [1.807, 2.05) is 6.92 Å². The molecule has 1 rings (SSSR count). The van der Waals surface area contributed by atoms with Crippen molar-refractivity contribution < 1.29 is 10.0 Å². The van der Waals surface area contributed by atoms with E-state index >= 15 is 0 Å². The highest BCUT2D eigenvalue weighted by molar-refractivity contribution is 5.60. The van der Waals surface area contributed by atoms with E-state index < -0.39 is 10.5 Å². The zero-order valence-electron chi connectivity index (χ0n) is 10.3. The van der Waals surface area contributed by atoms with Gasteiger partial charge in [-0.2, -0.15) is 0 Å². The molecule has 0 aromatic carbocycles. The molecule has 1 aromatic rings. The number of nitrogens with one attached hydrogen (secondary N) is 2. The third-order valence-electron chi connectivity index (χ3n) is 2.62. The Morgan fingerprint density at radius 2 is 2.28 bits per heavy atom. The predicted octanol–water partition coefficient (Wildman–Crippen LogP) is 0.848. The van der Waals surface area contributed by atoms with E-state index in [1.165, 1.54) is 12.1 Å². The van der Waals surface area contributed by atoms with Crippen molar-refractivity contribution in [1.82, 2.24) is 4.98 Å². The molecule has 0 aliphatic rings. The molecule has 0 bridgehead atoms. The summed E-state index contributed by atoms with van der Waals surface area (Å²) in [7, 11) is 0. The third-order valence-corrected chi connectivity index (χ3v) is 2.62. The van der Waals surface area contributed by atoms with Crippen LogP contribution in [-0.2, 0) is 0 Å². The van der Waals surface area contributed by atoms with Crippen LogP contribution in [0.15, 0.2) is 12.1 Å². The Kier molecular flexibility index (Phi) is 4.40. The standard InChI is InChI=1S/C10H17N5O3/c1-3-10(2,16)6-12-9-7(15(17)18)4-5-8(13-9)14-11/h4-5,16H,3,6,11H2,1-2H3,(H2,12,13,14). The Hall–Kier alpha value is -1.93. The van der Waals surface area contributed by atoms with Gasteiger partial charge in [-0.05, 0) is 19.4 Å². The average Bonchev–Trinajstić information content (AvgIpc) is 2.36. The van der Waals surface area contributed by atoms with Crippen LogP contribution in [-0.4, -0.2) is 27.2 Å². The monoisotopic (exact) mass is 255 g/mol. The maximum Gasteiger partial charge on any atom is 0.311 e. The predicted molar refractivity (Wildman–Crippen MR) is 68.1 cm³/mol. The highest BCUT2D eigenvalue weighted by Crippen LogP contribution is 2.24. The summed E-state index contributed by atoms with van der Waals surface area (Å²) >= 11 is 0. The van der Waals surface area contributed by atoms with Crippen molar-refractivity contribution in [3.63, 3.8) is 0 Å². The van der Waals surface area contributed by atoms with Gasteiger partial charge in [0.1, 0.15) is 5.82 Å². The summed E-state index contributed by atoms with van der Waals surface area (Å²) in [5, 5.41) is 23.4. The van der Waals surface area contributed by atoms with Crippen LogP contribution in [0.25, 0.3) is 0 Å². The van der Waals surface area contributed by atoms with Crippen LogP contribution in [0.1, 0.15) is 20.3 Å². The molecule has 1 atom stereocenters. The first-order valence-corrected chi connectivity index (χ1v) is 5.48. The Bertz CT molecular complexity index is 436.